The number of hydrogen-bond donors (Lipinski definition) is 1. The van der Waals surface area contributed by atoms with Crippen LogP contribution in [0.5, 0.6) is 0 Å². The summed E-state index contributed by atoms with van der Waals surface area (Å²) in [5.74, 6) is -0.306. The summed E-state index contributed by atoms with van der Waals surface area (Å²) in [6.07, 6.45) is 5.64. The second-order valence-corrected chi connectivity index (χ2v) is 5.40. The van der Waals surface area contributed by atoms with Crippen molar-refractivity contribution in [3.05, 3.63) is 12.2 Å². The molecule has 0 unspecified atom stereocenters. The Kier molecular flexibility index (Phi) is 11.9. The van der Waals surface area contributed by atoms with Crippen molar-refractivity contribution in [2.45, 2.75) is 65.6 Å². The van der Waals surface area contributed by atoms with E-state index in [2.05, 4.69) is 6.92 Å². The standard InChI is InChI=1S/C14H26O3.CO2/c1-6-8-11(12(15)7-2)9-10-13(16)17-14(3,4)5;2-1-3/h9-12,15H,6-8H2,1-5H3;/b10-9+;/t11-,12+;/m1./s1. The van der Waals surface area contributed by atoms with E-state index in [1.54, 1.807) is 6.08 Å². The Labute approximate surface area is 121 Å². The molecule has 0 amide bonds. The summed E-state index contributed by atoms with van der Waals surface area (Å²) in [5, 5.41) is 9.79. The molecule has 0 aromatic heterocycles. The summed E-state index contributed by atoms with van der Waals surface area (Å²) in [6.45, 7) is 9.51. The molecule has 0 radical (unpaired) electrons. The van der Waals surface area contributed by atoms with E-state index in [0.29, 0.717) is 6.42 Å². The van der Waals surface area contributed by atoms with Gasteiger partial charge < -0.3 is 9.84 Å². The zero-order valence-corrected chi connectivity index (χ0v) is 13.0. The summed E-state index contributed by atoms with van der Waals surface area (Å²) in [4.78, 5) is 27.7. The van der Waals surface area contributed by atoms with Crippen LogP contribution >= 0.6 is 0 Å². The van der Waals surface area contributed by atoms with Crippen LogP contribution in [0.25, 0.3) is 0 Å². The van der Waals surface area contributed by atoms with Gasteiger partial charge >= 0.3 is 12.1 Å². The van der Waals surface area contributed by atoms with Gasteiger partial charge in [-0.3, -0.25) is 0 Å². The molecule has 1 N–H and O–H groups in total. The van der Waals surface area contributed by atoms with Crippen molar-refractivity contribution in [1.29, 1.82) is 0 Å². The van der Waals surface area contributed by atoms with E-state index in [4.69, 9.17) is 14.3 Å². The molecule has 0 aliphatic carbocycles. The maximum absolute atomic E-state index is 11.5. The van der Waals surface area contributed by atoms with Crippen LogP contribution in [0.2, 0.25) is 0 Å². The number of aliphatic hydroxyl groups excluding tert-OH is 1. The van der Waals surface area contributed by atoms with Gasteiger partial charge in [-0.15, -0.1) is 0 Å². The highest BCUT2D eigenvalue weighted by atomic mass is 16.6. The summed E-state index contributed by atoms with van der Waals surface area (Å²) in [6, 6.07) is 0. The van der Waals surface area contributed by atoms with E-state index in [-0.39, 0.29) is 24.1 Å². The zero-order chi connectivity index (χ0) is 16.2. The van der Waals surface area contributed by atoms with E-state index in [1.165, 1.54) is 6.08 Å². The van der Waals surface area contributed by atoms with Gasteiger partial charge in [0, 0.05) is 12.0 Å². The first kappa shape index (κ1) is 20.9. The molecule has 0 aliphatic rings. The number of aliphatic hydroxyl groups is 1. The van der Waals surface area contributed by atoms with Gasteiger partial charge in [-0.05, 0) is 33.6 Å². The molecule has 0 aliphatic heterocycles. The quantitative estimate of drug-likeness (QED) is 0.599. The van der Waals surface area contributed by atoms with Crippen LogP contribution in [-0.4, -0.2) is 28.9 Å². The lowest BCUT2D eigenvalue weighted by Crippen LogP contribution is -2.23. The number of carbonyl (C=O) groups is 1. The molecule has 0 aromatic carbocycles. The summed E-state index contributed by atoms with van der Waals surface area (Å²) < 4.78 is 5.17. The number of rotatable bonds is 6. The van der Waals surface area contributed by atoms with E-state index in [9.17, 15) is 9.90 Å². The van der Waals surface area contributed by atoms with Crippen molar-refractivity contribution in [3.8, 4) is 0 Å². The van der Waals surface area contributed by atoms with Gasteiger partial charge in [0.2, 0.25) is 0 Å². The largest absolute Gasteiger partial charge is 0.457 e. The lowest BCUT2D eigenvalue weighted by Gasteiger charge is -2.19. The van der Waals surface area contributed by atoms with Crippen LogP contribution in [0.15, 0.2) is 12.2 Å². The summed E-state index contributed by atoms with van der Waals surface area (Å²) in [5.41, 5.74) is -0.467. The van der Waals surface area contributed by atoms with Crippen molar-refractivity contribution in [1.82, 2.24) is 0 Å². The second kappa shape index (κ2) is 11.4. The Balaban J connectivity index is 0. The van der Waals surface area contributed by atoms with E-state index in [1.807, 2.05) is 27.7 Å². The topological polar surface area (TPSA) is 80.7 Å². The molecule has 20 heavy (non-hydrogen) atoms. The fourth-order valence-corrected chi connectivity index (χ4v) is 1.59. The minimum absolute atomic E-state index is 0.0394. The highest BCUT2D eigenvalue weighted by Crippen LogP contribution is 2.16. The zero-order valence-electron chi connectivity index (χ0n) is 13.0. The predicted molar refractivity (Wildman–Crippen MR) is 74.7 cm³/mol. The first-order valence-electron chi connectivity index (χ1n) is 6.80. The maximum atomic E-state index is 11.5. The Hall–Kier alpha value is -1.45. The molecule has 0 fully saturated rings. The fourth-order valence-electron chi connectivity index (χ4n) is 1.59. The van der Waals surface area contributed by atoms with Gasteiger partial charge in [0.05, 0.1) is 6.10 Å². The monoisotopic (exact) mass is 286 g/mol. The molecule has 0 saturated carbocycles. The molecule has 0 rings (SSSR count). The van der Waals surface area contributed by atoms with Crippen LogP contribution in [-0.2, 0) is 19.1 Å². The van der Waals surface area contributed by atoms with E-state index in [0.717, 1.165) is 12.8 Å². The van der Waals surface area contributed by atoms with Crippen molar-refractivity contribution < 1.29 is 24.2 Å². The van der Waals surface area contributed by atoms with Gasteiger partial charge in [-0.2, -0.15) is 9.59 Å². The molecule has 0 spiro atoms. The highest BCUT2D eigenvalue weighted by Gasteiger charge is 2.16. The third-order valence-corrected chi connectivity index (χ3v) is 2.42. The number of esters is 1. The first-order chi connectivity index (χ1) is 9.21. The van der Waals surface area contributed by atoms with Crippen LogP contribution in [0.1, 0.15) is 53.9 Å². The fraction of sp³-hybridized carbons (Fsp3) is 0.733. The summed E-state index contributed by atoms with van der Waals surface area (Å²) in [7, 11) is 0. The molecule has 0 aromatic rings. The van der Waals surface area contributed by atoms with Crippen LogP contribution < -0.4 is 0 Å². The Morgan fingerprint density at radius 2 is 1.80 bits per heavy atom. The van der Waals surface area contributed by atoms with Gasteiger partial charge in [-0.1, -0.05) is 26.3 Å². The van der Waals surface area contributed by atoms with Gasteiger partial charge in [-0.25, -0.2) is 4.79 Å². The summed E-state index contributed by atoms with van der Waals surface area (Å²) >= 11 is 0. The molecule has 0 saturated heterocycles. The molecule has 116 valence electrons. The normalized spacial score (nSPS) is 13.9. The minimum atomic E-state index is -0.467. The van der Waals surface area contributed by atoms with Gasteiger partial charge in [0.25, 0.3) is 0 Å². The third-order valence-electron chi connectivity index (χ3n) is 2.42. The van der Waals surface area contributed by atoms with Crippen molar-refractivity contribution in [2.24, 2.45) is 5.92 Å². The number of carbonyl (C=O) groups excluding carboxylic acids is 3. The molecular formula is C15H26O5. The van der Waals surface area contributed by atoms with Crippen LogP contribution in [0, 0.1) is 5.92 Å². The SMILES string of the molecule is CCC[C@H](/C=C/C(=O)OC(C)(C)C)[C@@H](O)CC.O=C=O. The second-order valence-electron chi connectivity index (χ2n) is 5.40. The molecular weight excluding hydrogens is 260 g/mol. The van der Waals surface area contributed by atoms with E-state index < -0.39 is 5.60 Å². The smallest absolute Gasteiger partial charge is 0.373 e. The van der Waals surface area contributed by atoms with Gasteiger partial charge in [0.1, 0.15) is 5.60 Å². The lowest BCUT2D eigenvalue weighted by atomic mass is 9.95. The Morgan fingerprint density at radius 1 is 1.30 bits per heavy atom. The molecule has 0 bridgehead atoms. The van der Waals surface area contributed by atoms with Crippen LogP contribution in [0.3, 0.4) is 0 Å². The third kappa shape index (κ3) is 13.0. The molecule has 5 nitrogen and oxygen atoms in total. The molecule has 0 heterocycles. The molecule has 5 heteroatoms. The predicted octanol–water partition coefficient (Wildman–Crippen LogP) is 2.49. The van der Waals surface area contributed by atoms with Crippen LogP contribution in [0.4, 0.5) is 0 Å². The number of ether oxygens (including phenoxy) is 1. The number of hydrogen-bond acceptors (Lipinski definition) is 5. The average Bonchev–Trinajstić information content (AvgIpc) is 2.32. The Bertz CT molecular complexity index is 322. The van der Waals surface area contributed by atoms with Gasteiger partial charge in [0.15, 0.2) is 0 Å². The minimum Gasteiger partial charge on any atom is -0.457 e. The molecule has 2 atom stereocenters. The van der Waals surface area contributed by atoms with Crippen molar-refractivity contribution in [2.75, 3.05) is 0 Å². The van der Waals surface area contributed by atoms with Crippen molar-refractivity contribution in [3.63, 3.8) is 0 Å². The van der Waals surface area contributed by atoms with E-state index >= 15 is 0 Å². The maximum Gasteiger partial charge on any atom is 0.373 e. The first-order valence-corrected chi connectivity index (χ1v) is 6.80. The Morgan fingerprint density at radius 3 is 2.15 bits per heavy atom. The highest BCUT2D eigenvalue weighted by molar-refractivity contribution is 5.82. The average molecular weight is 286 g/mol. The lowest BCUT2D eigenvalue weighted by molar-refractivity contribution is -0.191. The van der Waals surface area contributed by atoms with Crippen molar-refractivity contribution >= 4 is 12.1 Å².